The molecule has 39 heavy (non-hydrogen) atoms. The van der Waals surface area contributed by atoms with Crippen molar-refractivity contribution in [2.75, 3.05) is 14.2 Å². The third-order valence-corrected chi connectivity index (χ3v) is 7.49. The number of imidazole rings is 1. The van der Waals surface area contributed by atoms with E-state index in [1.54, 1.807) is 23.1 Å². The zero-order valence-corrected chi connectivity index (χ0v) is 21.2. The minimum Gasteiger partial charge on any atom is -0.480 e. The molecule has 2 fully saturated rings. The van der Waals surface area contributed by atoms with Gasteiger partial charge in [0.15, 0.2) is 5.65 Å². The molecule has 0 amide bonds. The van der Waals surface area contributed by atoms with Gasteiger partial charge in [0.25, 0.3) is 0 Å². The van der Waals surface area contributed by atoms with E-state index in [9.17, 15) is 13.2 Å². The van der Waals surface area contributed by atoms with Crippen LogP contribution in [0.25, 0.3) is 27.8 Å². The monoisotopic (exact) mass is 535 g/mol. The molecule has 7 rings (SSSR count). The summed E-state index contributed by atoms with van der Waals surface area (Å²) in [7, 11) is 3.00. The molecule has 12 heteroatoms. The summed E-state index contributed by atoms with van der Waals surface area (Å²) >= 11 is 0. The van der Waals surface area contributed by atoms with E-state index in [0.29, 0.717) is 22.7 Å². The van der Waals surface area contributed by atoms with E-state index in [1.807, 2.05) is 24.3 Å². The van der Waals surface area contributed by atoms with E-state index in [1.165, 1.54) is 14.2 Å². The van der Waals surface area contributed by atoms with Gasteiger partial charge in [-0.05, 0) is 48.8 Å². The molecule has 0 N–H and O–H groups in total. The van der Waals surface area contributed by atoms with E-state index in [-0.39, 0.29) is 23.8 Å². The Labute approximate surface area is 220 Å². The van der Waals surface area contributed by atoms with Crippen LogP contribution in [0.3, 0.4) is 0 Å². The zero-order chi connectivity index (χ0) is 26.9. The summed E-state index contributed by atoms with van der Waals surface area (Å²) in [6, 6.07) is 8.01. The van der Waals surface area contributed by atoms with Crippen molar-refractivity contribution >= 4 is 16.6 Å². The Kier molecular flexibility index (Phi) is 5.29. The minimum absolute atomic E-state index is 0.126. The smallest absolute Gasteiger partial charge is 0.408 e. The van der Waals surface area contributed by atoms with Crippen LogP contribution >= 0.6 is 0 Å². The number of hydrogen-bond donors (Lipinski definition) is 0. The van der Waals surface area contributed by atoms with Crippen LogP contribution in [0.1, 0.15) is 53.8 Å². The molecule has 2 aliphatic carbocycles. The number of methoxy groups -OCH3 is 2. The number of hydrogen-bond acceptors (Lipinski definition) is 7. The maximum atomic E-state index is 13.3. The molecule has 2 aliphatic rings. The molecule has 1 aromatic carbocycles. The number of alkyl halides is 3. The highest BCUT2D eigenvalue weighted by molar-refractivity contribution is 5.84. The number of rotatable bonds is 7. The van der Waals surface area contributed by atoms with E-state index < -0.39 is 12.7 Å². The molecule has 2 saturated carbocycles. The normalized spacial score (nSPS) is 19.1. The summed E-state index contributed by atoms with van der Waals surface area (Å²) in [5.74, 6) is 0.852. The van der Waals surface area contributed by atoms with Crippen LogP contribution in [0.15, 0.2) is 42.9 Å². The first-order valence-electron chi connectivity index (χ1n) is 12.7. The van der Waals surface area contributed by atoms with Crippen LogP contribution in [0, 0.1) is 0 Å². The van der Waals surface area contributed by atoms with Crippen molar-refractivity contribution in [3.63, 3.8) is 0 Å². The van der Waals surface area contributed by atoms with Gasteiger partial charge in [0.1, 0.15) is 6.54 Å². The summed E-state index contributed by atoms with van der Waals surface area (Å²) in [5.41, 5.74) is 5.27. The number of fused-ring (bicyclic) bond motifs is 2. The van der Waals surface area contributed by atoms with Crippen molar-refractivity contribution < 1.29 is 22.6 Å². The standard InChI is InChI=1S/C27H24F3N7O2/c1-38-25-20(12-32-26(33-25)39-2)21-11-19(24-31-7-8-36(24)34-21)18-10-17(18)15-5-6-16-22(9-15)37(13-27(28,29)30)35-23(16)14-3-4-14/h5-9,11-12,14,17-18H,3-4,10,13H2,1-2H3. The van der Waals surface area contributed by atoms with Gasteiger partial charge < -0.3 is 9.47 Å². The number of benzene rings is 1. The molecule has 4 aromatic heterocycles. The molecule has 5 aromatic rings. The molecule has 0 aliphatic heterocycles. The molecule has 4 heterocycles. The molecule has 0 radical (unpaired) electrons. The molecular weight excluding hydrogens is 511 g/mol. The van der Waals surface area contributed by atoms with Gasteiger partial charge in [0.2, 0.25) is 5.88 Å². The molecular formula is C27H24F3N7O2. The zero-order valence-electron chi connectivity index (χ0n) is 21.2. The Hall–Kier alpha value is -4.22. The maximum Gasteiger partial charge on any atom is 0.408 e. The van der Waals surface area contributed by atoms with Gasteiger partial charge in [-0.3, -0.25) is 4.68 Å². The number of aromatic nitrogens is 7. The Morgan fingerprint density at radius 2 is 1.87 bits per heavy atom. The summed E-state index contributed by atoms with van der Waals surface area (Å²) in [6.07, 6.45) is 3.52. The second kappa shape index (κ2) is 8.65. The molecule has 0 bridgehead atoms. The van der Waals surface area contributed by atoms with Crippen LogP contribution in [-0.2, 0) is 6.54 Å². The van der Waals surface area contributed by atoms with Crippen LogP contribution in [0.2, 0.25) is 0 Å². The molecule has 2 unspecified atom stereocenters. The fourth-order valence-corrected chi connectivity index (χ4v) is 5.43. The van der Waals surface area contributed by atoms with Gasteiger partial charge in [0.05, 0.1) is 36.7 Å². The lowest BCUT2D eigenvalue weighted by molar-refractivity contribution is -0.141. The fourth-order valence-electron chi connectivity index (χ4n) is 5.43. The second-order valence-electron chi connectivity index (χ2n) is 10.1. The quantitative estimate of drug-likeness (QED) is 0.281. The predicted molar refractivity (Wildman–Crippen MR) is 135 cm³/mol. The summed E-state index contributed by atoms with van der Waals surface area (Å²) in [4.78, 5) is 13.0. The second-order valence-corrected chi connectivity index (χ2v) is 10.1. The van der Waals surface area contributed by atoms with Gasteiger partial charge in [-0.15, -0.1) is 0 Å². The van der Waals surface area contributed by atoms with E-state index in [2.05, 4.69) is 25.1 Å². The maximum absolute atomic E-state index is 13.3. The molecule has 2 atom stereocenters. The summed E-state index contributed by atoms with van der Waals surface area (Å²) in [5, 5.41) is 9.89. The van der Waals surface area contributed by atoms with Gasteiger partial charge in [-0.2, -0.15) is 28.4 Å². The number of halogens is 3. The fraction of sp³-hybridized carbons (Fsp3) is 0.370. The lowest BCUT2D eigenvalue weighted by atomic mass is 10.0. The van der Waals surface area contributed by atoms with Gasteiger partial charge in [-0.1, -0.05) is 12.1 Å². The van der Waals surface area contributed by atoms with Crippen LogP contribution in [0.5, 0.6) is 11.9 Å². The van der Waals surface area contributed by atoms with Gasteiger partial charge in [0, 0.05) is 35.5 Å². The van der Waals surface area contributed by atoms with Crippen molar-refractivity contribution in [3.05, 3.63) is 59.7 Å². The van der Waals surface area contributed by atoms with E-state index in [0.717, 1.165) is 51.8 Å². The first-order valence-corrected chi connectivity index (χ1v) is 12.7. The SMILES string of the molecule is COc1ncc(-c2cc(C3CC3c3ccc4c(C5CC5)nn(CC(F)(F)F)c4c3)c3nccn3n2)c(OC)n1. The third kappa shape index (κ3) is 4.23. The van der Waals surface area contributed by atoms with Crippen molar-refractivity contribution in [3.8, 4) is 23.1 Å². The van der Waals surface area contributed by atoms with Crippen LogP contribution in [-0.4, -0.2) is 54.7 Å². The topological polar surface area (TPSA) is 92.3 Å². The Bertz CT molecular complexity index is 1720. The first-order chi connectivity index (χ1) is 18.8. The molecule has 0 spiro atoms. The Balaban J connectivity index is 1.27. The predicted octanol–water partition coefficient (Wildman–Crippen LogP) is 5.26. The van der Waals surface area contributed by atoms with Crippen molar-refractivity contribution in [1.82, 2.24) is 34.3 Å². The van der Waals surface area contributed by atoms with E-state index in [4.69, 9.17) is 9.47 Å². The van der Waals surface area contributed by atoms with E-state index >= 15 is 0 Å². The van der Waals surface area contributed by atoms with Crippen molar-refractivity contribution in [2.45, 2.75) is 49.7 Å². The highest BCUT2D eigenvalue weighted by Gasteiger charge is 2.42. The average molecular weight is 536 g/mol. The molecule has 200 valence electrons. The molecule has 9 nitrogen and oxygen atoms in total. The lowest BCUT2D eigenvalue weighted by Crippen LogP contribution is -2.18. The summed E-state index contributed by atoms with van der Waals surface area (Å²) in [6.45, 7) is -1.10. The van der Waals surface area contributed by atoms with Crippen molar-refractivity contribution in [1.29, 1.82) is 0 Å². The minimum atomic E-state index is -4.34. The van der Waals surface area contributed by atoms with Gasteiger partial charge >= 0.3 is 12.2 Å². The third-order valence-electron chi connectivity index (χ3n) is 7.49. The Morgan fingerprint density at radius 3 is 2.62 bits per heavy atom. The van der Waals surface area contributed by atoms with Gasteiger partial charge in [-0.25, -0.2) is 14.5 Å². The van der Waals surface area contributed by atoms with Crippen LogP contribution < -0.4 is 9.47 Å². The van der Waals surface area contributed by atoms with Crippen LogP contribution in [0.4, 0.5) is 13.2 Å². The lowest BCUT2D eigenvalue weighted by Gasteiger charge is -2.11. The molecule has 0 saturated heterocycles. The highest BCUT2D eigenvalue weighted by Crippen LogP contribution is 2.56. The largest absolute Gasteiger partial charge is 0.480 e. The number of ether oxygens (including phenoxy) is 2. The Morgan fingerprint density at radius 1 is 1.03 bits per heavy atom. The average Bonchev–Trinajstić information content (AvgIpc) is 3.85. The first kappa shape index (κ1) is 23.9. The highest BCUT2D eigenvalue weighted by atomic mass is 19.4. The summed E-state index contributed by atoms with van der Waals surface area (Å²) < 4.78 is 53.4. The number of nitrogens with zero attached hydrogens (tertiary/aromatic N) is 7. The van der Waals surface area contributed by atoms with Crippen molar-refractivity contribution in [2.24, 2.45) is 0 Å².